The molecule has 4 aliphatic carbocycles. The summed E-state index contributed by atoms with van der Waals surface area (Å²) in [6.07, 6.45) is 5.63. The Morgan fingerprint density at radius 1 is 1.05 bits per heavy atom. The number of carbonyl (C=O) groups is 2. The van der Waals surface area contributed by atoms with Gasteiger partial charge in [0.1, 0.15) is 5.78 Å². The summed E-state index contributed by atoms with van der Waals surface area (Å²) in [4.78, 5) is 24.2. The van der Waals surface area contributed by atoms with Crippen LogP contribution in [-0.4, -0.2) is 17.7 Å². The van der Waals surface area contributed by atoms with E-state index in [0.717, 1.165) is 38.5 Å². The molecular weight excluding hydrogens is 279 g/mol. The van der Waals surface area contributed by atoms with Gasteiger partial charge in [-0.05, 0) is 67.6 Å². The number of alkyl halides is 1. The third kappa shape index (κ3) is 1.77. The first kappa shape index (κ1) is 14.8. The summed E-state index contributed by atoms with van der Waals surface area (Å²) in [5.41, 5.74) is -0.132. The van der Waals surface area contributed by atoms with Crippen LogP contribution in [0.1, 0.15) is 65.2 Å². The molecule has 4 aliphatic rings. The third-order valence-electron chi connectivity index (χ3n) is 8.19. The number of ketones is 2. The van der Waals surface area contributed by atoms with E-state index in [0.29, 0.717) is 42.3 Å². The van der Waals surface area contributed by atoms with Gasteiger partial charge in [0.2, 0.25) is 0 Å². The van der Waals surface area contributed by atoms with Gasteiger partial charge < -0.3 is 0 Å². The average Bonchev–Trinajstić information content (AvgIpc) is 2.77. The fourth-order valence-electron chi connectivity index (χ4n) is 6.83. The van der Waals surface area contributed by atoms with Crippen molar-refractivity contribution < 1.29 is 14.0 Å². The maximum Gasteiger partial charge on any atom is 0.167 e. The molecule has 3 heteroatoms. The molecule has 0 saturated heterocycles. The van der Waals surface area contributed by atoms with Crippen molar-refractivity contribution in [1.82, 2.24) is 0 Å². The number of hydrogen-bond acceptors (Lipinski definition) is 2. The molecule has 122 valence electrons. The second kappa shape index (κ2) is 4.64. The van der Waals surface area contributed by atoms with Gasteiger partial charge in [-0.25, -0.2) is 4.39 Å². The van der Waals surface area contributed by atoms with Gasteiger partial charge in [0.05, 0.1) is 0 Å². The lowest BCUT2D eigenvalue weighted by Crippen LogP contribution is -2.55. The van der Waals surface area contributed by atoms with Gasteiger partial charge in [-0.1, -0.05) is 13.8 Å². The zero-order valence-electron chi connectivity index (χ0n) is 13.7. The monoisotopic (exact) mass is 306 g/mol. The van der Waals surface area contributed by atoms with Gasteiger partial charge in [-0.2, -0.15) is 0 Å². The molecular formula is C19H27FO2. The van der Waals surface area contributed by atoms with Gasteiger partial charge in [0.15, 0.2) is 12.0 Å². The fraction of sp³-hybridized carbons (Fsp3) is 0.895. The largest absolute Gasteiger partial charge is 0.299 e. The van der Waals surface area contributed by atoms with E-state index in [1.807, 2.05) is 0 Å². The maximum absolute atomic E-state index is 14.2. The lowest BCUT2D eigenvalue weighted by atomic mass is 9.45. The van der Waals surface area contributed by atoms with Gasteiger partial charge in [-0.3, -0.25) is 9.59 Å². The SMILES string of the molecule is C[C@]12CC(F)C(=O)C[C@@H]1CC[C@@H]1[C@@H]2CC[C@]2(C)C(=O)CC[C@@H]12. The van der Waals surface area contributed by atoms with Crippen LogP contribution in [0.5, 0.6) is 0 Å². The summed E-state index contributed by atoms with van der Waals surface area (Å²) in [6.45, 7) is 4.42. The van der Waals surface area contributed by atoms with E-state index in [9.17, 15) is 14.0 Å². The lowest BCUT2D eigenvalue weighted by molar-refractivity contribution is -0.151. The van der Waals surface area contributed by atoms with E-state index >= 15 is 0 Å². The van der Waals surface area contributed by atoms with Crippen molar-refractivity contribution >= 4 is 11.6 Å². The number of rotatable bonds is 0. The van der Waals surface area contributed by atoms with Gasteiger partial charge in [0, 0.05) is 18.3 Å². The molecule has 7 atom stereocenters. The molecule has 0 N–H and O–H groups in total. The van der Waals surface area contributed by atoms with Crippen LogP contribution in [0.25, 0.3) is 0 Å². The zero-order valence-corrected chi connectivity index (χ0v) is 13.7. The smallest absolute Gasteiger partial charge is 0.167 e. The number of fused-ring (bicyclic) bond motifs is 5. The Morgan fingerprint density at radius 3 is 2.59 bits per heavy atom. The number of carbonyl (C=O) groups excluding carboxylic acids is 2. The molecule has 4 rings (SSSR count). The zero-order chi connectivity index (χ0) is 15.7. The molecule has 0 radical (unpaired) electrons. The Balaban J connectivity index is 1.66. The second-order valence-electron chi connectivity index (χ2n) is 8.92. The fourth-order valence-corrected chi connectivity index (χ4v) is 6.83. The van der Waals surface area contributed by atoms with Crippen molar-refractivity contribution in [1.29, 1.82) is 0 Å². The van der Waals surface area contributed by atoms with Crippen LogP contribution >= 0.6 is 0 Å². The molecule has 0 spiro atoms. The van der Waals surface area contributed by atoms with E-state index in [2.05, 4.69) is 13.8 Å². The van der Waals surface area contributed by atoms with E-state index in [-0.39, 0.29) is 16.6 Å². The minimum Gasteiger partial charge on any atom is -0.299 e. The highest BCUT2D eigenvalue weighted by atomic mass is 19.1. The summed E-state index contributed by atoms with van der Waals surface area (Å²) >= 11 is 0. The molecule has 0 bridgehead atoms. The van der Waals surface area contributed by atoms with E-state index in [1.165, 1.54) is 0 Å². The predicted octanol–water partition coefficient (Wildman–Crippen LogP) is 4.12. The number of Topliss-reactive ketones (excluding diaryl/α,β-unsaturated/α-hetero) is 2. The van der Waals surface area contributed by atoms with Crippen LogP contribution in [0, 0.1) is 34.5 Å². The normalized spacial score (nSPS) is 54.6. The Bertz CT molecular complexity index is 530. The van der Waals surface area contributed by atoms with Gasteiger partial charge >= 0.3 is 0 Å². The van der Waals surface area contributed by atoms with E-state index in [1.54, 1.807) is 0 Å². The first-order chi connectivity index (χ1) is 10.4. The highest BCUT2D eigenvalue weighted by molar-refractivity contribution is 5.87. The van der Waals surface area contributed by atoms with Crippen molar-refractivity contribution in [2.24, 2.45) is 34.5 Å². The molecule has 0 aromatic heterocycles. The van der Waals surface area contributed by atoms with Crippen LogP contribution in [0.2, 0.25) is 0 Å². The second-order valence-corrected chi connectivity index (χ2v) is 8.92. The molecule has 4 fully saturated rings. The molecule has 0 aromatic carbocycles. The predicted molar refractivity (Wildman–Crippen MR) is 82.0 cm³/mol. The van der Waals surface area contributed by atoms with Crippen LogP contribution in [0.3, 0.4) is 0 Å². The highest BCUT2D eigenvalue weighted by Crippen LogP contribution is 2.65. The minimum absolute atomic E-state index is 0.0246. The van der Waals surface area contributed by atoms with Crippen molar-refractivity contribution in [3.63, 3.8) is 0 Å². The average molecular weight is 306 g/mol. The standard InChI is InChI=1S/C19H27FO2/c1-18-8-7-14-12(13(18)5-6-17(18)22)4-3-11-9-16(21)15(20)10-19(11,14)2/h11-15H,3-10H2,1-2H3/t11-,12-,13-,14-,15?,18-,19-/m0/s1. The Labute approximate surface area is 132 Å². The van der Waals surface area contributed by atoms with Crippen LogP contribution < -0.4 is 0 Å². The molecule has 2 nitrogen and oxygen atoms in total. The number of halogens is 1. The van der Waals surface area contributed by atoms with Crippen LogP contribution in [0.15, 0.2) is 0 Å². The van der Waals surface area contributed by atoms with Gasteiger partial charge in [-0.15, -0.1) is 0 Å². The van der Waals surface area contributed by atoms with Crippen molar-refractivity contribution in [3.05, 3.63) is 0 Å². The van der Waals surface area contributed by atoms with Crippen LogP contribution in [-0.2, 0) is 9.59 Å². The molecule has 4 saturated carbocycles. The Hall–Kier alpha value is -0.730. The Morgan fingerprint density at radius 2 is 1.82 bits per heavy atom. The van der Waals surface area contributed by atoms with E-state index in [4.69, 9.17) is 0 Å². The molecule has 0 aromatic rings. The Kier molecular flexibility index (Phi) is 3.13. The lowest BCUT2D eigenvalue weighted by Gasteiger charge is -2.59. The first-order valence-corrected chi connectivity index (χ1v) is 9.06. The molecule has 0 heterocycles. The summed E-state index contributed by atoms with van der Waals surface area (Å²) in [7, 11) is 0. The topological polar surface area (TPSA) is 34.1 Å². The first-order valence-electron chi connectivity index (χ1n) is 9.06. The molecule has 22 heavy (non-hydrogen) atoms. The van der Waals surface area contributed by atoms with Crippen molar-refractivity contribution in [3.8, 4) is 0 Å². The maximum atomic E-state index is 14.2. The molecule has 0 aliphatic heterocycles. The van der Waals surface area contributed by atoms with Crippen LogP contribution in [0.4, 0.5) is 4.39 Å². The number of hydrogen-bond donors (Lipinski definition) is 0. The van der Waals surface area contributed by atoms with Crippen molar-refractivity contribution in [2.75, 3.05) is 0 Å². The summed E-state index contributed by atoms with van der Waals surface area (Å²) in [6, 6.07) is 0. The summed E-state index contributed by atoms with van der Waals surface area (Å²) < 4.78 is 14.2. The third-order valence-corrected chi connectivity index (χ3v) is 8.19. The summed E-state index contributed by atoms with van der Waals surface area (Å²) in [5.74, 6) is 2.26. The van der Waals surface area contributed by atoms with E-state index < -0.39 is 6.17 Å². The highest BCUT2D eigenvalue weighted by Gasteiger charge is 2.61. The molecule has 1 unspecified atom stereocenters. The molecule has 0 amide bonds. The van der Waals surface area contributed by atoms with Crippen molar-refractivity contribution in [2.45, 2.75) is 71.4 Å². The summed E-state index contributed by atoms with van der Waals surface area (Å²) in [5, 5.41) is 0. The quantitative estimate of drug-likeness (QED) is 0.675. The van der Waals surface area contributed by atoms with Gasteiger partial charge in [0.25, 0.3) is 0 Å². The minimum atomic E-state index is -1.25.